The quantitative estimate of drug-likeness (QED) is 0.752. The van der Waals surface area contributed by atoms with E-state index in [2.05, 4.69) is 41.6 Å². The van der Waals surface area contributed by atoms with Crippen LogP contribution in [0.15, 0.2) is 18.2 Å². The Morgan fingerprint density at radius 3 is 2.50 bits per heavy atom. The van der Waals surface area contributed by atoms with Crippen molar-refractivity contribution in [3.63, 3.8) is 0 Å². The maximum atomic E-state index is 5.55. The molecule has 2 heteroatoms. The standard InChI is InChI=1S/C10H13IO/c1-7(2)12-9-4-5-10(11)8(3)6-9/h4-7H,1-3H3. The molecule has 1 rings (SSSR count). The summed E-state index contributed by atoms with van der Waals surface area (Å²) in [6.07, 6.45) is 0.254. The highest BCUT2D eigenvalue weighted by Gasteiger charge is 1.99. The van der Waals surface area contributed by atoms with Crippen LogP contribution >= 0.6 is 22.6 Å². The van der Waals surface area contributed by atoms with Gasteiger partial charge in [0.05, 0.1) is 6.10 Å². The van der Waals surface area contributed by atoms with Gasteiger partial charge in [-0.1, -0.05) is 0 Å². The highest BCUT2D eigenvalue weighted by molar-refractivity contribution is 14.1. The number of hydrogen-bond acceptors (Lipinski definition) is 1. The zero-order valence-corrected chi connectivity index (χ0v) is 9.75. The van der Waals surface area contributed by atoms with Crippen LogP contribution in [-0.4, -0.2) is 6.10 Å². The molecule has 1 nitrogen and oxygen atoms in total. The Balaban J connectivity index is 2.82. The Morgan fingerprint density at radius 2 is 2.00 bits per heavy atom. The van der Waals surface area contributed by atoms with Crippen LogP contribution in [0.4, 0.5) is 0 Å². The molecule has 0 saturated heterocycles. The molecule has 0 saturated carbocycles. The lowest BCUT2D eigenvalue weighted by Crippen LogP contribution is -2.05. The minimum Gasteiger partial charge on any atom is -0.491 e. The van der Waals surface area contributed by atoms with Crippen LogP contribution in [0.1, 0.15) is 19.4 Å². The van der Waals surface area contributed by atoms with Crippen LogP contribution in [0.3, 0.4) is 0 Å². The SMILES string of the molecule is Cc1cc(OC(C)C)ccc1I. The normalized spacial score (nSPS) is 10.4. The summed E-state index contributed by atoms with van der Waals surface area (Å²) in [5.41, 5.74) is 1.27. The predicted octanol–water partition coefficient (Wildman–Crippen LogP) is 3.39. The Labute approximate surface area is 87.3 Å². The fourth-order valence-corrected chi connectivity index (χ4v) is 1.30. The van der Waals surface area contributed by atoms with Gasteiger partial charge in [0.2, 0.25) is 0 Å². The molecule has 0 bridgehead atoms. The van der Waals surface area contributed by atoms with Gasteiger partial charge in [-0.25, -0.2) is 0 Å². The summed E-state index contributed by atoms with van der Waals surface area (Å²) in [6, 6.07) is 6.16. The average Bonchev–Trinajstić information content (AvgIpc) is 1.96. The first-order chi connectivity index (χ1) is 5.59. The first-order valence-electron chi connectivity index (χ1n) is 4.02. The molecule has 12 heavy (non-hydrogen) atoms. The van der Waals surface area contributed by atoms with E-state index >= 15 is 0 Å². The molecule has 0 N–H and O–H groups in total. The van der Waals surface area contributed by atoms with Crippen molar-refractivity contribution in [3.8, 4) is 5.75 Å². The van der Waals surface area contributed by atoms with E-state index in [4.69, 9.17) is 4.74 Å². The molecule has 0 aliphatic heterocycles. The summed E-state index contributed by atoms with van der Waals surface area (Å²) in [7, 11) is 0. The van der Waals surface area contributed by atoms with Crippen molar-refractivity contribution in [1.29, 1.82) is 0 Å². The van der Waals surface area contributed by atoms with Crippen molar-refractivity contribution in [2.24, 2.45) is 0 Å². The van der Waals surface area contributed by atoms with Gasteiger partial charge >= 0.3 is 0 Å². The van der Waals surface area contributed by atoms with E-state index in [1.165, 1.54) is 9.13 Å². The second-order valence-corrected chi connectivity index (χ2v) is 4.24. The van der Waals surface area contributed by atoms with Gasteiger partial charge in [-0.2, -0.15) is 0 Å². The Morgan fingerprint density at radius 1 is 1.33 bits per heavy atom. The molecule has 1 aromatic carbocycles. The third-order valence-corrected chi connectivity index (χ3v) is 2.71. The monoisotopic (exact) mass is 276 g/mol. The van der Waals surface area contributed by atoms with Crippen LogP contribution in [-0.2, 0) is 0 Å². The number of ether oxygens (including phenoxy) is 1. The summed E-state index contributed by atoms with van der Waals surface area (Å²) < 4.78 is 6.83. The first kappa shape index (κ1) is 9.84. The molecule has 0 radical (unpaired) electrons. The molecular formula is C10H13IO. The van der Waals surface area contributed by atoms with Crippen LogP contribution in [0, 0.1) is 10.5 Å². The fraction of sp³-hybridized carbons (Fsp3) is 0.400. The van der Waals surface area contributed by atoms with Crippen molar-refractivity contribution >= 4 is 22.6 Å². The third kappa shape index (κ3) is 2.66. The number of aryl methyl sites for hydroxylation is 1. The zero-order valence-electron chi connectivity index (χ0n) is 7.60. The predicted molar refractivity (Wildman–Crippen MR) is 59.7 cm³/mol. The molecule has 66 valence electrons. The van der Waals surface area contributed by atoms with Crippen LogP contribution in [0.2, 0.25) is 0 Å². The lowest BCUT2D eigenvalue weighted by atomic mass is 10.2. The average molecular weight is 276 g/mol. The Hall–Kier alpha value is -0.250. The maximum absolute atomic E-state index is 5.55. The van der Waals surface area contributed by atoms with Gasteiger partial charge in [0.15, 0.2) is 0 Å². The van der Waals surface area contributed by atoms with E-state index in [0.717, 1.165) is 5.75 Å². The van der Waals surface area contributed by atoms with Gasteiger partial charge in [-0.3, -0.25) is 0 Å². The lowest BCUT2D eigenvalue weighted by molar-refractivity contribution is 0.242. The molecular weight excluding hydrogens is 263 g/mol. The third-order valence-electron chi connectivity index (χ3n) is 1.50. The first-order valence-corrected chi connectivity index (χ1v) is 5.10. The molecule has 0 aromatic heterocycles. The Kier molecular flexibility index (Phi) is 3.38. The van der Waals surface area contributed by atoms with E-state index < -0.39 is 0 Å². The minimum absolute atomic E-state index is 0.254. The molecule has 0 aliphatic rings. The number of hydrogen-bond donors (Lipinski definition) is 0. The van der Waals surface area contributed by atoms with E-state index in [1.54, 1.807) is 0 Å². The van der Waals surface area contributed by atoms with Crippen molar-refractivity contribution in [1.82, 2.24) is 0 Å². The van der Waals surface area contributed by atoms with Gasteiger partial charge < -0.3 is 4.74 Å². The van der Waals surface area contributed by atoms with E-state index in [0.29, 0.717) is 0 Å². The number of rotatable bonds is 2. The summed E-state index contributed by atoms with van der Waals surface area (Å²) >= 11 is 2.32. The number of halogens is 1. The largest absolute Gasteiger partial charge is 0.491 e. The molecule has 0 aliphatic carbocycles. The number of benzene rings is 1. The second kappa shape index (κ2) is 4.12. The summed E-state index contributed by atoms with van der Waals surface area (Å²) in [6.45, 7) is 6.16. The van der Waals surface area contributed by atoms with E-state index in [9.17, 15) is 0 Å². The van der Waals surface area contributed by atoms with Crippen LogP contribution in [0.5, 0.6) is 5.75 Å². The highest BCUT2D eigenvalue weighted by atomic mass is 127. The van der Waals surface area contributed by atoms with Crippen molar-refractivity contribution in [2.45, 2.75) is 26.9 Å². The van der Waals surface area contributed by atoms with Gasteiger partial charge in [0, 0.05) is 3.57 Å². The van der Waals surface area contributed by atoms with Gasteiger partial charge in [-0.05, 0) is 67.1 Å². The Bertz CT molecular complexity index is 269. The van der Waals surface area contributed by atoms with Gasteiger partial charge in [0.25, 0.3) is 0 Å². The molecule has 0 amide bonds. The summed E-state index contributed by atoms with van der Waals surface area (Å²) in [5.74, 6) is 0.961. The molecule has 0 spiro atoms. The molecule has 0 atom stereocenters. The zero-order chi connectivity index (χ0) is 9.14. The van der Waals surface area contributed by atoms with Gasteiger partial charge in [0.1, 0.15) is 5.75 Å². The summed E-state index contributed by atoms with van der Waals surface area (Å²) in [4.78, 5) is 0. The van der Waals surface area contributed by atoms with Gasteiger partial charge in [-0.15, -0.1) is 0 Å². The fourth-order valence-electron chi connectivity index (χ4n) is 0.963. The molecule has 0 heterocycles. The highest BCUT2D eigenvalue weighted by Crippen LogP contribution is 2.19. The molecule has 0 fully saturated rings. The van der Waals surface area contributed by atoms with Crippen LogP contribution in [0.25, 0.3) is 0 Å². The topological polar surface area (TPSA) is 9.23 Å². The minimum atomic E-state index is 0.254. The smallest absolute Gasteiger partial charge is 0.120 e. The summed E-state index contributed by atoms with van der Waals surface area (Å²) in [5, 5.41) is 0. The van der Waals surface area contributed by atoms with Crippen molar-refractivity contribution in [3.05, 3.63) is 27.3 Å². The van der Waals surface area contributed by atoms with Crippen molar-refractivity contribution < 1.29 is 4.74 Å². The molecule has 1 aromatic rings. The lowest BCUT2D eigenvalue weighted by Gasteiger charge is -2.10. The van der Waals surface area contributed by atoms with E-state index in [-0.39, 0.29) is 6.10 Å². The van der Waals surface area contributed by atoms with Crippen molar-refractivity contribution in [2.75, 3.05) is 0 Å². The van der Waals surface area contributed by atoms with E-state index in [1.807, 2.05) is 19.9 Å². The molecule has 0 unspecified atom stereocenters. The maximum Gasteiger partial charge on any atom is 0.120 e. The van der Waals surface area contributed by atoms with Crippen LogP contribution < -0.4 is 4.74 Å². The second-order valence-electron chi connectivity index (χ2n) is 3.08.